The standard InChI is InChI=1S/C18H26N2O/c1-4-6-8-16-17(9-7-5-2)19-20(18(16)21)15-12-10-14(3)11-13-15/h10-13,21H,4-9H2,1-3H3. The molecular weight excluding hydrogens is 260 g/mol. The van der Waals surface area contributed by atoms with Crippen LogP contribution in [0, 0.1) is 6.92 Å². The van der Waals surface area contributed by atoms with Crippen molar-refractivity contribution in [2.45, 2.75) is 59.3 Å². The summed E-state index contributed by atoms with van der Waals surface area (Å²) in [4.78, 5) is 0. The van der Waals surface area contributed by atoms with Gasteiger partial charge in [-0.3, -0.25) is 0 Å². The van der Waals surface area contributed by atoms with E-state index in [4.69, 9.17) is 0 Å². The summed E-state index contributed by atoms with van der Waals surface area (Å²) in [6, 6.07) is 8.12. The van der Waals surface area contributed by atoms with Crippen LogP contribution in [-0.2, 0) is 12.8 Å². The Labute approximate surface area is 127 Å². The highest BCUT2D eigenvalue weighted by Crippen LogP contribution is 2.27. The smallest absolute Gasteiger partial charge is 0.217 e. The Morgan fingerprint density at radius 2 is 1.62 bits per heavy atom. The van der Waals surface area contributed by atoms with Gasteiger partial charge in [0, 0.05) is 5.56 Å². The number of nitrogens with zero attached hydrogens (tertiary/aromatic N) is 2. The predicted octanol–water partition coefficient (Wildman–Crippen LogP) is 4.57. The van der Waals surface area contributed by atoms with E-state index in [2.05, 4.69) is 25.9 Å². The summed E-state index contributed by atoms with van der Waals surface area (Å²) >= 11 is 0. The fourth-order valence-electron chi connectivity index (χ4n) is 2.51. The first-order valence-corrected chi connectivity index (χ1v) is 8.04. The van der Waals surface area contributed by atoms with E-state index in [0.717, 1.165) is 55.5 Å². The summed E-state index contributed by atoms with van der Waals surface area (Å²) in [5.41, 5.74) is 4.23. The quantitative estimate of drug-likeness (QED) is 0.809. The van der Waals surface area contributed by atoms with E-state index in [1.165, 1.54) is 5.56 Å². The number of hydrogen-bond donors (Lipinski definition) is 1. The first-order chi connectivity index (χ1) is 10.2. The summed E-state index contributed by atoms with van der Waals surface area (Å²) in [6.45, 7) is 6.42. The van der Waals surface area contributed by atoms with E-state index in [1.807, 2.05) is 24.3 Å². The van der Waals surface area contributed by atoms with Gasteiger partial charge >= 0.3 is 0 Å². The Balaban J connectivity index is 2.36. The lowest BCUT2D eigenvalue weighted by Crippen LogP contribution is -1.97. The molecule has 1 aromatic heterocycles. The molecule has 1 heterocycles. The van der Waals surface area contributed by atoms with Crippen LogP contribution in [0.3, 0.4) is 0 Å². The molecule has 21 heavy (non-hydrogen) atoms. The van der Waals surface area contributed by atoms with Crippen LogP contribution in [0.5, 0.6) is 5.88 Å². The largest absolute Gasteiger partial charge is 0.493 e. The zero-order valence-corrected chi connectivity index (χ0v) is 13.4. The summed E-state index contributed by atoms with van der Waals surface area (Å²) < 4.78 is 1.69. The molecule has 2 rings (SSSR count). The Morgan fingerprint density at radius 1 is 1.00 bits per heavy atom. The molecule has 0 fully saturated rings. The van der Waals surface area contributed by atoms with E-state index in [9.17, 15) is 5.11 Å². The van der Waals surface area contributed by atoms with Crippen LogP contribution in [-0.4, -0.2) is 14.9 Å². The number of rotatable bonds is 7. The van der Waals surface area contributed by atoms with Gasteiger partial charge in [-0.25, -0.2) is 4.68 Å². The van der Waals surface area contributed by atoms with Crippen LogP contribution in [0.25, 0.3) is 5.69 Å². The normalized spacial score (nSPS) is 11.0. The third-order valence-electron chi connectivity index (χ3n) is 3.87. The highest BCUT2D eigenvalue weighted by molar-refractivity contribution is 5.41. The maximum absolute atomic E-state index is 10.6. The van der Waals surface area contributed by atoms with Crippen molar-refractivity contribution in [2.75, 3.05) is 0 Å². The van der Waals surface area contributed by atoms with Crippen molar-refractivity contribution in [1.82, 2.24) is 9.78 Å². The first kappa shape index (κ1) is 15.6. The molecule has 114 valence electrons. The van der Waals surface area contributed by atoms with Crippen LogP contribution < -0.4 is 0 Å². The topological polar surface area (TPSA) is 38.0 Å². The zero-order valence-electron chi connectivity index (χ0n) is 13.4. The third-order valence-corrected chi connectivity index (χ3v) is 3.87. The molecule has 1 N–H and O–H groups in total. The SMILES string of the molecule is CCCCc1nn(-c2ccc(C)cc2)c(O)c1CCCC. The molecule has 0 bridgehead atoms. The summed E-state index contributed by atoms with van der Waals surface area (Å²) in [5.74, 6) is 0.318. The van der Waals surface area contributed by atoms with Crippen LogP contribution in [0.2, 0.25) is 0 Å². The molecule has 3 heteroatoms. The van der Waals surface area contributed by atoms with Crippen LogP contribution in [0.15, 0.2) is 24.3 Å². The Hall–Kier alpha value is -1.77. The van der Waals surface area contributed by atoms with Gasteiger partial charge in [0.25, 0.3) is 0 Å². The minimum Gasteiger partial charge on any atom is -0.493 e. The second-order valence-corrected chi connectivity index (χ2v) is 5.70. The van der Waals surface area contributed by atoms with Gasteiger partial charge in [0.1, 0.15) is 0 Å². The number of aromatic nitrogens is 2. The molecule has 0 unspecified atom stereocenters. The van der Waals surface area contributed by atoms with E-state index >= 15 is 0 Å². The molecule has 0 aliphatic carbocycles. The minimum absolute atomic E-state index is 0.318. The number of aryl methyl sites for hydroxylation is 2. The lowest BCUT2D eigenvalue weighted by Gasteiger charge is -2.04. The summed E-state index contributed by atoms with van der Waals surface area (Å²) in [5, 5.41) is 15.2. The fourth-order valence-corrected chi connectivity index (χ4v) is 2.51. The molecule has 0 aliphatic rings. The third kappa shape index (κ3) is 3.66. The number of aromatic hydroxyl groups is 1. The second kappa shape index (κ2) is 7.30. The van der Waals surface area contributed by atoms with Crippen molar-refractivity contribution in [1.29, 1.82) is 0 Å². The van der Waals surface area contributed by atoms with Crippen LogP contribution in [0.1, 0.15) is 56.4 Å². The van der Waals surface area contributed by atoms with E-state index in [-0.39, 0.29) is 0 Å². The van der Waals surface area contributed by atoms with Crippen molar-refractivity contribution >= 4 is 0 Å². The molecule has 0 saturated heterocycles. The summed E-state index contributed by atoms with van der Waals surface area (Å²) in [6.07, 6.45) is 6.33. The van der Waals surface area contributed by atoms with Crippen molar-refractivity contribution in [3.8, 4) is 11.6 Å². The lowest BCUT2D eigenvalue weighted by molar-refractivity contribution is 0.427. The lowest BCUT2D eigenvalue weighted by atomic mass is 10.1. The number of unbranched alkanes of at least 4 members (excludes halogenated alkanes) is 2. The molecule has 0 saturated carbocycles. The maximum Gasteiger partial charge on any atom is 0.217 e. The van der Waals surface area contributed by atoms with E-state index in [0.29, 0.717) is 5.88 Å². The van der Waals surface area contributed by atoms with Gasteiger partial charge in [-0.2, -0.15) is 5.10 Å². The molecule has 0 atom stereocenters. The van der Waals surface area contributed by atoms with Gasteiger partial charge in [-0.1, -0.05) is 44.4 Å². The molecule has 0 radical (unpaired) electrons. The summed E-state index contributed by atoms with van der Waals surface area (Å²) in [7, 11) is 0. The Bertz CT molecular complexity index is 570. The van der Waals surface area contributed by atoms with Gasteiger partial charge in [0.05, 0.1) is 11.4 Å². The second-order valence-electron chi connectivity index (χ2n) is 5.70. The molecule has 0 amide bonds. The highest BCUT2D eigenvalue weighted by atomic mass is 16.3. The molecule has 1 aromatic carbocycles. The Kier molecular flexibility index (Phi) is 5.43. The van der Waals surface area contributed by atoms with Gasteiger partial charge in [0.15, 0.2) is 0 Å². The average Bonchev–Trinajstić information content (AvgIpc) is 2.80. The molecule has 0 spiro atoms. The van der Waals surface area contributed by atoms with Gasteiger partial charge in [0.2, 0.25) is 5.88 Å². The van der Waals surface area contributed by atoms with Crippen LogP contribution in [0.4, 0.5) is 0 Å². The minimum atomic E-state index is 0.318. The van der Waals surface area contributed by atoms with Crippen molar-refractivity contribution in [3.05, 3.63) is 41.1 Å². The van der Waals surface area contributed by atoms with Gasteiger partial charge in [-0.05, 0) is 44.7 Å². The Morgan fingerprint density at radius 3 is 2.24 bits per heavy atom. The monoisotopic (exact) mass is 286 g/mol. The highest BCUT2D eigenvalue weighted by Gasteiger charge is 2.17. The molecule has 2 aromatic rings. The number of benzene rings is 1. The van der Waals surface area contributed by atoms with Crippen molar-refractivity contribution < 1.29 is 5.11 Å². The molecule has 0 aliphatic heterocycles. The zero-order chi connectivity index (χ0) is 15.2. The first-order valence-electron chi connectivity index (χ1n) is 8.04. The van der Waals surface area contributed by atoms with Gasteiger partial charge < -0.3 is 5.11 Å². The molecule has 3 nitrogen and oxygen atoms in total. The average molecular weight is 286 g/mol. The van der Waals surface area contributed by atoms with E-state index < -0.39 is 0 Å². The van der Waals surface area contributed by atoms with Crippen LogP contribution >= 0.6 is 0 Å². The number of hydrogen-bond acceptors (Lipinski definition) is 2. The van der Waals surface area contributed by atoms with Crippen molar-refractivity contribution in [3.63, 3.8) is 0 Å². The predicted molar refractivity (Wildman–Crippen MR) is 87.2 cm³/mol. The van der Waals surface area contributed by atoms with E-state index in [1.54, 1.807) is 4.68 Å². The van der Waals surface area contributed by atoms with Crippen molar-refractivity contribution in [2.24, 2.45) is 0 Å². The fraction of sp³-hybridized carbons (Fsp3) is 0.500. The molecular formula is C18H26N2O. The van der Waals surface area contributed by atoms with Gasteiger partial charge in [-0.15, -0.1) is 0 Å². The maximum atomic E-state index is 10.6.